The van der Waals surface area contributed by atoms with Gasteiger partial charge in [-0.05, 0) is 75.9 Å². The van der Waals surface area contributed by atoms with Gasteiger partial charge in [0.1, 0.15) is 6.61 Å². The first kappa shape index (κ1) is 20.7. The summed E-state index contributed by atoms with van der Waals surface area (Å²) in [5.74, 6) is 1.25. The van der Waals surface area contributed by atoms with Crippen molar-refractivity contribution in [1.29, 1.82) is 0 Å². The molecule has 0 bridgehead atoms. The molecule has 0 heterocycles. The average Bonchev–Trinajstić information content (AvgIpc) is 2.68. The van der Waals surface area contributed by atoms with Crippen molar-refractivity contribution < 1.29 is 9.47 Å². The largest absolute Gasteiger partial charge is 0.493 e. The highest BCUT2D eigenvalue weighted by molar-refractivity contribution is 9.10. The first-order chi connectivity index (χ1) is 13.5. The van der Waals surface area contributed by atoms with E-state index in [4.69, 9.17) is 32.7 Å². The molecule has 0 aromatic heterocycles. The minimum atomic E-state index is 0.404. The molecule has 0 saturated carbocycles. The van der Waals surface area contributed by atoms with Gasteiger partial charge in [0, 0.05) is 16.3 Å². The molecule has 0 atom stereocenters. The Morgan fingerprint density at radius 3 is 2.43 bits per heavy atom. The van der Waals surface area contributed by atoms with Crippen LogP contribution in [0.2, 0.25) is 10.0 Å². The predicted octanol–water partition coefficient (Wildman–Crippen LogP) is 7.40. The van der Waals surface area contributed by atoms with Gasteiger partial charge in [-0.15, -0.1) is 0 Å². The number of halogens is 3. The standard InChI is InChI=1S/C22H18BrCl2NO2/c1-14-3-6-18(25)11-20(14)26-12-16-9-19(23)22(21(10-16)27-2)28-13-15-4-7-17(24)8-5-15/h3-12H,13H2,1-2H3. The second-order valence-electron chi connectivity index (χ2n) is 6.14. The van der Waals surface area contributed by atoms with Crippen LogP contribution < -0.4 is 9.47 Å². The number of hydrogen-bond acceptors (Lipinski definition) is 3. The molecular weight excluding hydrogens is 461 g/mol. The lowest BCUT2D eigenvalue weighted by Gasteiger charge is -2.13. The third-order valence-electron chi connectivity index (χ3n) is 4.07. The maximum atomic E-state index is 6.06. The van der Waals surface area contributed by atoms with Crippen molar-refractivity contribution in [2.24, 2.45) is 4.99 Å². The molecule has 0 saturated heterocycles. The smallest absolute Gasteiger partial charge is 0.175 e. The van der Waals surface area contributed by atoms with Crippen LogP contribution in [-0.4, -0.2) is 13.3 Å². The van der Waals surface area contributed by atoms with Gasteiger partial charge in [-0.2, -0.15) is 0 Å². The molecular formula is C22H18BrCl2NO2. The van der Waals surface area contributed by atoms with E-state index >= 15 is 0 Å². The maximum Gasteiger partial charge on any atom is 0.175 e. The van der Waals surface area contributed by atoms with Crippen molar-refractivity contribution in [2.75, 3.05) is 7.11 Å². The number of rotatable bonds is 6. The van der Waals surface area contributed by atoms with Gasteiger partial charge in [-0.25, -0.2) is 0 Å². The highest BCUT2D eigenvalue weighted by Crippen LogP contribution is 2.37. The van der Waals surface area contributed by atoms with E-state index in [1.54, 1.807) is 13.3 Å². The number of methoxy groups -OCH3 is 1. The molecule has 0 amide bonds. The summed E-state index contributed by atoms with van der Waals surface area (Å²) in [5.41, 5.74) is 3.77. The second kappa shape index (κ2) is 9.46. The van der Waals surface area contributed by atoms with Crippen LogP contribution in [0.4, 0.5) is 5.69 Å². The third kappa shape index (κ3) is 5.28. The zero-order chi connectivity index (χ0) is 20.1. The van der Waals surface area contributed by atoms with E-state index in [-0.39, 0.29) is 0 Å². The van der Waals surface area contributed by atoms with Crippen molar-refractivity contribution >= 4 is 51.0 Å². The Hall–Kier alpha value is -2.01. The lowest BCUT2D eigenvalue weighted by Crippen LogP contribution is -1.99. The lowest BCUT2D eigenvalue weighted by atomic mass is 10.2. The second-order valence-corrected chi connectivity index (χ2v) is 7.87. The van der Waals surface area contributed by atoms with E-state index in [1.165, 1.54) is 0 Å². The van der Waals surface area contributed by atoms with E-state index in [9.17, 15) is 0 Å². The highest BCUT2D eigenvalue weighted by Gasteiger charge is 2.12. The van der Waals surface area contributed by atoms with Crippen LogP contribution in [0.15, 0.2) is 64.1 Å². The summed E-state index contributed by atoms with van der Waals surface area (Å²) >= 11 is 15.6. The molecule has 144 valence electrons. The molecule has 0 aliphatic carbocycles. The van der Waals surface area contributed by atoms with Crippen LogP contribution in [0.5, 0.6) is 11.5 Å². The third-order valence-corrected chi connectivity index (χ3v) is 5.15. The topological polar surface area (TPSA) is 30.8 Å². The van der Waals surface area contributed by atoms with Crippen molar-refractivity contribution in [1.82, 2.24) is 0 Å². The zero-order valence-corrected chi connectivity index (χ0v) is 18.5. The summed E-state index contributed by atoms with van der Waals surface area (Å²) in [4.78, 5) is 4.55. The molecule has 3 nitrogen and oxygen atoms in total. The molecule has 3 aromatic carbocycles. The van der Waals surface area contributed by atoms with Crippen molar-refractivity contribution in [3.05, 3.63) is 85.8 Å². The molecule has 0 radical (unpaired) electrons. The molecule has 0 spiro atoms. The summed E-state index contributed by atoms with van der Waals surface area (Å²) in [7, 11) is 1.61. The van der Waals surface area contributed by atoms with Crippen LogP contribution in [-0.2, 0) is 6.61 Å². The number of ether oxygens (including phenoxy) is 2. The van der Waals surface area contributed by atoms with Gasteiger partial charge in [0.2, 0.25) is 0 Å². The number of aliphatic imine (C=N–C) groups is 1. The van der Waals surface area contributed by atoms with Gasteiger partial charge in [-0.3, -0.25) is 4.99 Å². The molecule has 28 heavy (non-hydrogen) atoms. The average molecular weight is 479 g/mol. The normalized spacial score (nSPS) is 11.0. The first-order valence-corrected chi connectivity index (χ1v) is 10.1. The molecule has 0 N–H and O–H groups in total. The van der Waals surface area contributed by atoms with Crippen LogP contribution in [0.3, 0.4) is 0 Å². The van der Waals surface area contributed by atoms with Gasteiger partial charge in [0.15, 0.2) is 11.5 Å². The Balaban J connectivity index is 1.81. The van der Waals surface area contributed by atoms with Crippen LogP contribution in [0.25, 0.3) is 0 Å². The Labute approximate surface area is 183 Å². The molecule has 3 rings (SSSR count). The fraction of sp³-hybridized carbons (Fsp3) is 0.136. The Morgan fingerprint density at radius 2 is 1.71 bits per heavy atom. The van der Waals surface area contributed by atoms with Crippen LogP contribution in [0, 0.1) is 6.92 Å². The van der Waals surface area contributed by atoms with E-state index in [1.807, 2.05) is 61.5 Å². The SMILES string of the molecule is COc1cc(C=Nc2cc(Cl)ccc2C)cc(Br)c1OCc1ccc(Cl)cc1. The summed E-state index contributed by atoms with van der Waals surface area (Å²) < 4.78 is 12.3. The predicted molar refractivity (Wildman–Crippen MR) is 120 cm³/mol. The quantitative estimate of drug-likeness (QED) is 0.345. The summed E-state index contributed by atoms with van der Waals surface area (Å²) in [6.07, 6.45) is 1.77. The van der Waals surface area contributed by atoms with Gasteiger partial charge in [-0.1, -0.05) is 41.4 Å². The van der Waals surface area contributed by atoms with Gasteiger partial charge < -0.3 is 9.47 Å². The maximum absolute atomic E-state index is 6.06. The molecule has 0 unspecified atom stereocenters. The van der Waals surface area contributed by atoms with Crippen molar-refractivity contribution in [3.8, 4) is 11.5 Å². The van der Waals surface area contributed by atoms with Gasteiger partial charge in [0.25, 0.3) is 0 Å². The highest BCUT2D eigenvalue weighted by atomic mass is 79.9. The fourth-order valence-corrected chi connectivity index (χ4v) is 3.42. The Bertz CT molecular complexity index is 1000. The van der Waals surface area contributed by atoms with Crippen molar-refractivity contribution in [3.63, 3.8) is 0 Å². The molecule has 6 heteroatoms. The molecule has 0 aliphatic rings. The first-order valence-electron chi connectivity index (χ1n) is 8.51. The summed E-state index contributed by atoms with van der Waals surface area (Å²) in [6.45, 7) is 2.40. The fourth-order valence-electron chi connectivity index (χ4n) is 2.56. The van der Waals surface area contributed by atoms with E-state index in [2.05, 4.69) is 20.9 Å². The summed E-state index contributed by atoms with van der Waals surface area (Å²) in [5, 5.41) is 1.35. The zero-order valence-electron chi connectivity index (χ0n) is 15.4. The molecule has 0 aliphatic heterocycles. The number of nitrogens with zero attached hydrogens (tertiary/aromatic N) is 1. The molecule has 0 fully saturated rings. The van der Waals surface area contributed by atoms with Crippen LogP contribution in [0.1, 0.15) is 16.7 Å². The summed E-state index contributed by atoms with van der Waals surface area (Å²) in [6, 6.07) is 17.0. The van der Waals surface area contributed by atoms with E-state index in [0.29, 0.717) is 28.2 Å². The Kier molecular flexibility index (Phi) is 7.00. The lowest BCUT2D eigenvalue weighted by molar-refractivity contribution is 0.282. The minimum Gasteiger partial charge on any atom is -0.493 e. The minimum absolute atomic E-state index is 0.404. The Morgan fingerprint density at radius 1 is 1.00 bits per heavy atom. The van der Waals surface area contributed by atoms with Crippen LogP contribution >= 0.6 is 39.1 Å². The molecule has 3 aromatic rings. The van der Waals surface area contributed by atoms with E-state index < -0.39 is 0 Å². The number of benzene rings is 3. The van der Waals surface area contributed by atoms with E-state index in [0.717, 1.165) is 26.9 Å². The number of hydrogen-bond donors (Lipinski definition) is 0. The van der Waals surface area contributed by atoms with Gasteiger partial charge in [0.05, 0.1) is 17.3 Å². The van der Waals surface area contributed by atoms with Gasteiger partial charge >= 0.3 is 0 Å². The number of aryl methyl sites for hydroxylation is 1. The monoisotopic (exact) mass is 477 g/mol. The van der Waals surface area contributed by atoms with Crippen molar-refractivity contribution in [2.45, 2.75) is 13.5 Å².